The van der Waals surface area contributed by atoms with E-state index >= 15 is 0 Å². The van der Waals surface area contributed by atoms with Crippen LogP contribution in [0.4, 0.5) is 0 Å². The smallest absolute Gasteiger partial charge is 0.257 e. The van der Waals surface area contributed by atoms with E-state index in [0.717, 1.165) is 11.1 Å². The first kappa shape index (κ1) is 13.1. The third-order valence-corrected chi connectivity index (χ3v) is 3.45. The Morgan fingerprint density at radius 3 is 2.75 bits per heavy atom. The van der Waals surface area contributed by atoms with E-state index in [9.17, 15) is 0 Å². The Balaban J connectivity index is 1.71. The fourth-order valence-electron chi connectivity index (χ4n) is 1.61. The molecule has 104 valence electrons. The highest BCUT2D eigenvalue weighted by molar-refractivity contribution is 7.98. The van der Waals surface area contributed by atoms with E-state index in [1.54, 1.807) is 0 Å². The van der Waals surface area contributed by atoms with Crippen LogP contribution in [-0.4, -0.2) is 15.1 Å². The maximum atomic E-state index is 5.91. The molecule has 0 saturated carbocycles. The Morgan fingerprint density at radius 2 is 2.05 bits per heavy atom. The molecule has 3 rings (SSSR count). The molecule has 0 radical (unpaired) electrons. The Bertz CT molecular complexity index is 696. The third-order valence-electron chi connectivity index (χ3n) is 2.64. The number of para-hydroxylation sites is 2. The van der Waals surface area contributed by atoms with E-state index < -0.39 is 5.54 Å². The van der Waals surface area contributed by atoms with Gasteiger partial charge in [0.05, 0.1) is 11.3 Å². The van der Waals surface area contributed by atoms with Crippen molar-refractivity contribution in [1.82, 2.24) is 15.1 Å². The molecule has 0 bridgehead atoms. The molecule has 2 N–H and O–H groups in total. The van der Waals surface area contributed by atoms with Crippen LogP contribution in [0.25, 0.3) is 11.1 Å². The molecule has 0 saturated heterocycles. The second-order valence-corrected chi connectivity index (χ2v) is 5.90. The van der Waals surface area contributed by atoms with Gasteiger partial charge in [-0.2, -0.15) is 4.98 Å². The Hall–Kier alpha value is -1.86. The Morgan fingerprint density at radius 1 is 1.25 bits per heavy atom. The third kappa shape index (κ3) is 2.68. The highest BCUT2D eigenvalue weighted by Gasteiger charge is 2.21. The number of hydrogen-bond donors (Lipinski definition) is 1. The molecule has 0 atom stereocenters. The van der Waals surface area contributed by atoms with Crippen LogP contribution in [0.5, 0.6) is 0 Å². The number of aromatic nitrogens is 3. The molecule has 6 nitrogen and oxygen atoms in total. The zero-order valence-corrected chi connectivity index (χ0v) is 12.0. The lowest BCUT2D eigenvalue weighted by Crippen LogP contribution is -2.30. The topological polar surface area (TPSA) is 91.0 Å². The van der Waals surface area contributed by atoms with Crippen molar-refractivity contribution < 1.29 is 8.94 Å². The zero-order valence-electron chi connectivity index (χ0n) is 11.2. The zero-order chi connectivity index (χ0) is 14.2. The van der Waals surface area contributed by atoms with Crippen molar-refractivity contribution >= 4 is 22.9 Å². The first-order valence-electron chi connectivity index (χ1n) is 6.13. The molecule has 0 aliphatic rings. The van der Waals surface area contributed by atoms with Crippen LogP contribution in [0.15, 0.2) is 38.4 Å². The minimum atomic E-state index is -0.607. The fourth-order valence-corrected chi connectivity index (χ4v) is 2.29. The number of nitrogens with zero attached hydrogens (tertiary/aromatic N) is 3. The summed E-state index contributed by atoms with van der Waals surface area (Å²) in [5.41, 5.74) is 6.90. The average molecular weight is 290 g/mol. The SMILES string of the molecule is CC(C)(N)c1noc(CSc2nc3ccccc3o2)n1. The number of hydrogen-bond acceptors (Lipinski definition) is 7. The predicted octanol–water partition coefficient (Wildman–Crippen LogP) is 2.70. The highest BCUT2D eigenvalue weighted by Crippen LogP contribution is 2.26. The molecule has 2 heterocycles. The second kappa shape index (κ2) is 4.92. The van der Waals surface area contributed by atoms with Gasteiger partial charge < -0.3 is 14.7 Å². The summed E-state index contributed by atoms with van der Waals surface area (Å²) in [6.07, 6.45) is 0. The van der Waals surface area contributed by atoms with E-state index in [-0.39, 0.29) is 0 Å². The molecule has 7 heteroatoms. The molecule has 0 aliphatic heterocycles. The number of benzene rings is 1. The van der Waals surface area contributed by atoms with Crippen molar-refractivity contribution in [3.63, 3.8) is 0 Å². The highest BCUT2D eigenvalue weighted by atomic mass is 32.2. The lowest BCUT2D eigenvalue weighted by Gasteiger charge is -2.11. The van der Waals surface area contributed by atoms with Crippen LogP contribution in [0.3, 0.4) is 0 Å². The van der Waals surface area contributed by atoms with Gasteiger partial charge in [0.1, 0.15) is 5.52 Å². The monoisotopic (exact) mass is 290 g/mol. The molecule has 0 fully saturated rings. The van der Waals surface area contributed by atoms with Gasteiger partial charge in [0.25, 0.3) is 5.22 Å². The first-order chi connectivity index (χ1) is 9.52. The summed E-state index contributed by atoms with van der Waals surface area (Å²) in [4.78, 5) is 8.62. The molecule has 20 heavy (non-hydrogen) atoms. The van der Waals surface area contributed by atoms with Crippen LogP contribution < -0.4 is 5.73 Å². The van der Waals surface area contributed by atoms with Gasteiger partial charge in [-0.1, -0.05) is 29.1 Å². The van der Waals surface area contributed by atoms with Crippen LogP contribution in [0.2, 0.25) is 0 Å². The van der Waals surface area contributed by atoms with Gasteiger partial charge in [-0.05, 0) is 26.0 Å². The minimum absolute atomic E-state index is 0.491. The summed E-state index contributed by atoms with van der Waals surface area (Å²) < 4.78 is 10.8. The number of rotatable bonds is 4. The molecule has 0 aliphatic carbocycles. The molecule has 1 aromatic carbocycles. The van der Waals surface area contributed by atoms with E-state index in [1.807, 2.05) is 38.1 Å². The number of nitrogens with two attached hydrogens (primary N) is 1. The maximum absolute atomic E-state index is 5.91. The van der Waals surface area contributed by atoms with Gasteiger partial charge in [0.15, 0.2) is 11.4 Å². The van der Waals surface area contributed by atoms with E-state index in [4.69, 9.17) is 14.7 Å². The van der Waals surface area contributed by atoms with Crippen molar-refractivity contribution in [1.29, 1.82) is 0 Å². The number of thioether (sulfide) groups is 1. The van der Waals surface area contributed by atoms with E-state index in [1.165, 1.54) is 11.8 Å². The maximum Gasteiger partial charge on any atom is 0.257 e. The summed E-state index contributed by atoms with van der Waals surface area (Å²) in [5.74, 6) is 1.49. The van der Waals surface area contributed by atoms with Gasteiger partial charge in [-0.25, -0.2) is 4.98 Å². The quantitative estimate of drug-likeness (QED) is 0.738. The fraction of sp³-hybridized carbons (Fsp3) is 0.308. The normalized spacial score (nSPS) is 12.2. The summed E-state index contributed by atoms with van der Waals surface area (Å²) in [6, 6.07) is 7.63. The van der Waals surface area contributed by atoms with Crippen molar-refractivity contribution in [2.24, 2.45) is 5.73 Å². The van der Waals surface area contributed by atoms with Gasteiger partial charge in [-0.3, -0.25) is 0 Å². The first-order valence-corrected chi connectivity index (χ1v) is 7.11. The standard InChI is InChI=1S/C13H14N4O2S/c1-13(2,14)11-16-10(19-17-11)7-20-12-15-8-5-3-4-6-9(8)18-12/h3-6H,7,14H2,1-2H3. The van der Waals surface area contributed by atoms with Crippen LogP contribution in [-0.2, 0) is 11.3 Å². The van der Waals surface area contributed by atoms with E-state index in [0.29, 0.717) is 22.7 Å². The molecule has 0 spiro atoms. The molecule has 2 aromatic heterocycles. The van der Waals surface area contributed by atoms with Gasteiger partial charge in [0, 0.05) is 0 Å². The number of oxazole rings is 1. The van der Waals surface area contributed by atoms with Crippen LogP contribution in [0, 0.1) is 0 Å². The molecule has 0 amide bonds. The molecule has 3 aromatic rings. The lowest BCUT2D eigenvalue weighted by molar-refractivity contribution is 0.369. The molecular formula is C13H14N4O2S. The van der Waals surface area contributed by atoms with E-state index in [2.05, 4.69) is 15.1 Å². The van der Waals surface area contributed by atoms with Crippen molar-refractivity contribution in [3.8, 4) is 0 Å². The second-order valence-electron chi connectivity index (χ2n) is 4.97. The number of fused-ring (bicyclic) bond motifs is 1. The summed E-state index contributed by atoms with van der Waals surface area (Å²) in [6.45, 7) is 3.66. The van der Waals surface area contributed by atoms with Gasteiger partial charge >= 0.3 is 0 Å². The largest absolute Gasteiger partial charge is 0.431 e. The minimum Gasteiger partial charge on any atom is -0.431 e. The lowest BCUT2D eigenvalue weighted by atomic mass is 10.1. The van der Waals surface area contributed by atoms with Crippen molar-refractivity contribution in [2.75, 3.05) is 0 Å². The van der Waals surface area contributed by atoms with Crippen LogP contribution >= 0.6 is 11.8 Å². The summed E-state index contributed by atoms with van der Waals surface area (Å²) >= 11 is 1.41. The Labute approximate surface area is 119 Å². The predicted molar refractivity (Wildman–Crippen MR) is 75.1 cm³/mol. The molecule has 0 unspecified atom stereocenters. The van der Waals surface area contributed by atoms with Crippen molar-refractivity contribution in [2.45, 2.75) is 30.4 Å². The summed E-state index contributed by atoms with van der Waals surface area (Å²) in [7, 11) is 0. The van der Waals surface area contributed by atoms with Crippen LogP contribution in [0.1, 0.15) is 25.6 Å². The van der Waals surface area contributed by atoms with Gasteiger partial charge in [-0.15, -0.1) is 0 Å². The van der Waals surface area contributed by atoms with Crippen molar-refractivity contribution in [3.05, 3.63) is 36.0 Å². The summed E-state index contributed by atoms with van der Waals surface area (Å²) in [5, 5.41) is 4.45. The average Bonchev–Trinajstić information content (AvgIpc) is 3.02. The Kier molecular flexibility index (Phi) is 3.23. The molecular weight excluding hydrogens is 276 g/mol. The van der Waals surface area contributed by atoms with Gasteiger partial charge in [0.2, 0.25) is 5.89 Å².